The average Bonchev–Trinajstić information content (AvgIpc) is 2.42. The fraction of sp³-hybridized carbons (Fsp3) is 0.647. The molecule has 0 heterocycles. The lowest BCUT2D eigenvalue weighted by Crippen LogP contribution is -2.12. The highest BCUT2D eigenvalue weighted by Gasteiger charge is 2.20. The maximum absolute atomic E-state index is 11.6. The molecule has 1 aliphatic rings. The molecule has 0 saturated heterocycles. The standard InChI is InChI=1S/C17H26O3S/c1-3-7-15-10-13(2)16(12-17(15)21(18,19)20)11-14-8-5-4-6-9-14/h10,12,14H,3-9,11H2,1-2H3,(H,18,19,20). The Bertz CT molecular complexity index is 584. The second kappa shape index (κ2) is 6.93. The van der Waals surface area contributed by atoms with Crippen molar-refractivity contribution in [2.75, 3.05) is 0 Å². The first-order valence-electron chi connectivity index (χ1n) is 8.01. The molecule has 1 fully saturated rings. The first kappa shape index (κ1) is 16.5. The van der Waals surface area contributed by atoms with E-state index in [-0.39, 0.29) is 4.90 Å². The Morgan fingerprint density at radius 2 is 1.81 bits per heavy atom. The van der Waals surface area contributed by atoms with E-state index < -0.39 is 10.1 Å². The van der Waals surface area contributed by atoms with Gasteiger partial charge in [-0.05, 0) is 48.4 Å². The highest BCUT2D eigenvalue weighted by Crippen LogP contribution is 2.30. The van der Waals surface area contributed by atoms with Crippen LogP contribution in [0.5, 0.6) is 0 Å². The Morgan fingerprint density at radius 1 is 1.14 bits per heavy atom. The summed E-state index contributed by atoms with van der Waals surface area (Å²) in [5.41, 5.74) is 2.97. The minimum Gasteiger partial charge on any atom is -0.282 e. The van der Waals surface area contributed by atoms with Crippen LogP contribution in [0, 0.1) is 12.8 Å². The van der Waals surface area contributed by atoms with Gasteiger partial charge >= 0.3 is 0 Å². The smallest absolute Gasteiger partial charge is 0.282 e. The van der Waals surface area contributed by atoms with E-state index in [0.29, 0.717) is 12.3 Å². The number of rotatable bonds is 5. The van der Waals surface area contributed by atoms with Crippen LogP contribution >= 0.6 is 0 Å². The van der Waals surface area contributed by atoms with E-state index in [1.54, 1.807) is 6.07 Å². The summed E-state index contributed by atoms with van der Waals surface area (Å²) in [6.07, 6.45) is 8.83. The topological polar surface area (TPSA) is 54.4 Å². The van der Waals surface area contributed by atoms with Crippen LogP contribution in [0.2, 0.25) is 0 Å². The average molecular weight is 310 g/mol. The second-order valence-corrected chi connectivity index (χ2v) is 7.71. The molecule has 0 aliphatic heterocycles. The molecule has 1 aromatic carbocycles. The summed E-state index contributed by atoms with van der Waals surface area (Å²) in [7, 11) is -4.14. The van der Waals surface area contributed by atoms with Crippen LogP contribution in [0.1, 0.15) is 62.1 Å². The number of aryl methyl sites for hydroxylation is 2. The van der Waals surface area contributed by atoms with Crippen molar-refractivity contribution in [3.63, 3.8) is 0 Å². The molecule has 4 heteroatoms. The van der Waals surface area contributed by atoms with E-state index >= 15 is 0 Å². The van der Waals surface area contributed by atoms with E-state index in [2.05, 4.69) is 0 Å². The maximum atomic E-state index is 11.6. The SMILES string of the molecule is CCCc1cc(C)c(CC2CCCCC2)cc1S(=O)(=O)O. The lowest BCUT2D eigenvalue weighted by atomic mass is 9.83. The maximum Gasteiger partial charge on any atom is 0.294 e. The van der Waals surface area contributed by atoms with Gasteiger partial charge in [0.1, 0.15) is 0 Å². The zero-order valence-electron chi connectivity index (χ0n) is 13.1. The summed E-state index contributed by atoms with van der Waals surface area (Å²) in [6, 6.07) is 3.66. The minimum atomic E-state index is -4.14. The molecular weight excluding hydrogens is 284 g/mol. The number of benzene rings is 1. The first-order chi connectivity index (χ1) is 9.91. The van der Waals surface area contributed by atoms with Crippen LogP contribution in [0.4, 0.5) is 0 Å². The van der Waals surface area contributed by atoms with Crippen molar-refractivity contribution < 1.29 is 13.0 Å². The van der Waals surface area contributed by atoms with Crippen LogP contribution in [0.3, 0.4) is 0 Å². The highest BCUT2D eigenvalue weighted by molar-refractivity contribution is 7.85. The molecule has 21 heavy (non-hydrogen) atoms. The Morgan fingerprint density at radius 3 is 2.38 bits per heavy atom. The lowest BCUT2D eigenvalue weighted by molar-refractivity contribution is 0.356. The van der Waals surface area contributed by atoms with Crippen LogP contribution in [-0.4, -0.2) is 13.0 Å². The van der Waals surface area contributed by atoms with Gasteiger partial charge < -0.3 is 0 Å². The summed E-state index contributed by atoms with van der Waals surface area (Å²) in [4.78, 5) is 0.112. The normalized spacial score (nSPS) is 17.1. The van der Waals surface area contributed by atoms with Gasteiger partial charge in [0, 0.05) is 0 Å². The molecule has 0 bridgehead atoms. The van der Waals surface area contributed by atoms with Crippen LogP contribution < -0.4 is 0 Å². The number of hydrogen-bond acceptors (Lipinski definition) is 2. The van der Waals surface area contributed by atoms with Gasteiger partial charge in [-0.15, -0.1) is 0 Å². The summed E-state index contributed by atoms with van der Waals surface area (Å²) in [5, 5.41) is 0. The molecule has 1 saturated carbocycles. The van der Waals surface area contributed by atoms with E-state index in [0.717, 1.165) is 29.5 Å². The second-order valence-electron chi connectivity index (χ2n) is 6.32. The van der Waals surface area contributed by atoms with Crippen molar-refractivity contribution in [3.8, 4) is 0 Å². The van der Waals surface area contributed by atoms with Crippen LogP contribution in [0.25, 0.3) is 0 Å². The van der Waals surface area contributed by atoms with Crippen LogP contribution in [-0.2, 0) is 23.0 Å². The van der Waals surface area contributed by atoms with Gasteiger partial charge in [0.2, 0.25) is 0 Å². The van der Waals surface area contributed by atoms with Crippen molar-refractivity contribution in [2.24, 2.45) is 5.92 Å². The monoisotopic (exact) mass is 310 g/mol. The van der Waals surface area contributed by atoms with E-state index in [1.807, 2.05) is 19.9 Å². The van der Waals surface area contributed by atoms with Crippen molar-refractivity contribution in [1.29, 1.82) is 0 Å². The molecule has 3 nitrogen and oxygen atoms in total. The molecule has 0 aromatic heterocycles. The Kier molecular flexibility index (Phi) is 5.44. The zero-order valence-corrected chi connectivity index (χ0v) is 13.9. The van der Waals surface area contributed by atoms with E-state index in [9.17, 15) is 13.0 Å². The van der Waals surface area contributed by atoms with Gasteiger partial charge in [-0.25, -0.2) is 0 Å². The van der Waals surface area contributed by atoms with Gasteiger partial charge in [-0.2, -0.15) is 8.42 Å². The molecule has 0 spiro atoms. The van der Waals surface area contributed by atoms with Gasteiger partial charge in [-0.1, -0.05) is 51.5 Å². The van der Waals surface area contributed by atoms with Gasteiger partial charge in [0.05, 0.1) is 4.90 Å². The fourth-order valence-corrected chi connectivity index (χ4v) is 4.20. The molecule has 0 radical (unpaired) electrons. The summed E-state index contributed by atoms with van der Waals surface area (Å²) in [5.74, 6) is 0.656. The Balaban J connectivity index is 2.33. The van der Waals surface area contributed by atoms with Gasteiger partial charge in [0.15, 0.2) is 0 Å². The third-order valence-electron chi connectivity index (χ3n) is 4.55. The van der Waals surface area contributed by atoms with Crippen molar-refractivity contribution in [3.05, 3.63) is 28.8 Å². The molecule has 1 aliphatic carbocycles. The van der Waals surface area contributed by atoms with Gasteiger partial charge in [0.25, 0.3) is 10.1 Å². The largest absolute Gasteiger partial charge is 0.294 e. The Labute approximate surface area is 128 Å². The van der Waals surface area contributed by atoms with Crippen molar-refractivity contribution in [2.45, 2.75) is 70.1 Å². The zero-order chi connectivity index (χ0) is 15.5. The summed E-state index contributed by atoms with van der Waals surface area (Å²) < 4.78 is 32.8. The van der Waals surface area contributed by atoms with Crippen molar-refractivity contribution >= 4 is 10.1 Å². The summed E-state index contributed by atoms with van der Waals surface area (Å²) >= 11 is 0. The molecular formula is C17H26O3S. The third kappa shape index (κ3) is 4.30. The Hall–Kier alpha value is -0.870. The molecule has 1 N–H and O–H groups in total. The lowest BCUT2D eigenvalue weighted by Gasteiger charge is -2.23. The number of hydrogen-bond donors (Lipinski definition) is 1. The molecule has 0 amide bonds. The van der Waals surface area contributed by atoms with Crippen LogP contribution in [0.15, 0.2) is 17.0 Å². The molecule has 0 unspecified atom stereocenters. The molecule has 118 valence electrons. The third-order valence-corrected chi connectivity index (χ3v) is 5.49. The molecule has 2 rings (SSSR count). The first-order valence-corrected chi connectivity index (χ1v) is 9.45. The van der Waals surface area contributed by atoms with E-state index in [4.69, 9.17) is 0 Å². The summed E-state index contributed by atoms with van der Waals surface area (Å²) in [6.45, 7) is 4.06. The molecule has 0 atom stereocenters. The predicted octanol–water partition coefficient (Wildman–Crippen LogP) is 4.32. The fourth-order valence-electron chi connectivity index (χ4n) is 3.42. The highest BCUT2D eigenvalue weighted by atomic mass is 32.2. The van der Waals surface area contributed by atoms with Crippen molar-refractivity contribution in [1.82, 2.24) is 0 Å². The minimum absolute atomic E-state index is 0.112. The predicted molar refractivity (Wildman–Crippen MR) is 85.3 cm³/mol. The van der Waals surface area contributed by atoms with Gasteiger partial charge in [-0.3, -0.25) is 4.55 Å². The quantitative estimate of drug-likeness (QED) is 0.824. The molecule has 1 aromatic rings. The van der Waals surface area contributed by atoms with E-state index in [1.165, 1.54) is 32.1 Å².